The van der Waals surface area contributed by atoms with Gasteiger partial charge in [-0.15, -0.1) is 0 Å². The normalized spacial score (nSPS) is 14.0. The highest BCUT2D eigenvalue weighted by atomic mass is 35.5. The maximum atomic E-state index is 13.6. The Morgan fingerprint density at radius 1 is 1.04 bits per heavy atom. The molecule has 2 N–H and O–H groups in total. The van der Waals surface area contributed by atoms with E-state index in [4.69, 9.17) is 11.6 Å². The van der Waals surface area contributed by atoms with Gasteiger partial charge in [-0.1, -0.05) is 35.9 Å². The number of aromatic nitrogens is 4. The van der Waals surface area contributed by atoms with Gasteiger partial charge in [0.2, 0.25) is 5.95 Å². The SMILES string of the molecule is CN1CCC(N(C)c2ccc(Nc3ncc4cc(C=CCNC(=O)c5cc(Cl)nn(Cc6ccc(F)c(F)c6)c5=O)ccc4n3)cc2)CC1. The first-order valence-corrected chi connectivity index (χ1v) is 16.2. The quantitative estimate of drug-likeness (QED) is 0.188. The van der Waals surface area contributed by atoms with E-state index in [1.54, 1.807) is 12.3 Å². The molecular weight excluding hydrogens is 650 g/mol. The molecular formula is C36H35ClF2N8O2. The Kier molecular flexibility index (Phi) is 10.3. The fourth-order valence-corrected chi connectivity index (χ4v) is 5.95. The summed E-state index contributed by atoms with van der Waals surface area (Å²) in [6.45, 7) is 2.17. The molecule has 13 heteroatoms. The van der Waals surface area contributed by atoms with Crippen LogP contribution < -0.4 is 21.1 Å². The van der Waals surface area contributed by atoms with Gasteiger partial charge in [0.1, 0.15) is 5.56 Å². The maximum absolute atomic E-state index is 13.6. The zero-order valence-corrected chi connectivity index (χ0v) is 27.8. The van der Waals surface area contributed by atoms with Gasteiger partial charge in [0.05, 0.1) is 12.1 Å². The molecule has 0 radical (unpaired) electrons. The third kappa shape index (κ3) is 8.27. The van der Waals surface area contributed by atoms with Gasteiger partial charge in [-0.05, 0) is 98.7 Å². The molecule has 0 saturated carbocycles. The van der Waals surface area contributed by atoms with E-state index in [1.165, 1.54) is 17.8 Å². The van der Waals surface area contributed by atoms with E-state index in [1.807, 2.05) is 36.4 Å². The van der Waals surface area contributed by atoms with Crippen LogP contribution in [0.5, 0.6) is 0 Å². The second-order valence-corrected chi connectivity index (χ2v) is 12.4. The first-order chi connectivity index (χ1) is 23.6. The van der Waals surface area contributed by atoms with Crippen molar-refractivity contribution in [3.8, 4) is 0 Å². The summed E-state index contributed by atoms with van der Waals surface area (Å²) in [6, 6.07) is 19.0. The third-order valence-electron chi connectivity index (χ3n) is 8.57. The molecule has 6 rings (SSSR count). The Bertz CT molecular complexity index is 2060. The number of halogens is 3. The highest BCUT2D eigenvalue weighted by Gasteiger charge is 2.21. The highest BCUT2D eigenvalue weighted by Crippen LogP contribution is 2.25. The number of hydrogen-bond donors (Lipinski definition) is 2. The number of hydrogen-bond acceptors (Lipinski definition) is 8. The summed E-state index contributed by atoms with van der Waals surface area (Å²) in [6.07, 6.45) is 7.64. The Morgan fingerprint density at radius 2 is 1.82 bits per heavy atom. The van der Waals surface area contributed by atoms with Crippen molar-refractivity contribution in [3.63, 3.8) is 0 Å². The van der Waals surface area contributed by atoms with Crippen LogP contribution in [0.1, 0.15) is 34.3 Å². The fourth-order valence-electron chi connectivity index (χ4n) is 5.75. The van der Waals surface area contributed by atoms with Crippen molar-refractivity contribution in [1.29, 1.82) is 0 Å². The summed E-state index contributed by atoms with van der Waals surface area (Å²) in [7, 11) is 4.33. The minimum atomic E-state index is -1.05. The van der Waals surface area contributed by atoms with Gasteiger partial charge in [-0.2, -0.15) is 5.10 Å². The van der Waals surface area contributed by atoms with Gasteiger partial charge in [-0.3, -0.25) is 9.59 Å². The van der Waals surface area contributed by atoms with Gasteiger partial charge in [0.25, 0.3) is 11.5 Å². The minimum Gasteiger partial charge on any atom is -0.372 e. The lowest BCUT2D eigenvalue weighted by molar-refractivity contribution is 0.0955. The number of anilines is 3. The molecule has 2 aromatic heterocycles. The van der Waals surface area contributed by atoms with E-state index >= 15 is 0 Å². The summed E-state index contributed by atoms with van der Waals surface area (Å²) in [4.78, 5) is 39.6. The highest BCUT2D eigenvalue weighted by molar-refractivity contribution is 6.29. The molecule has 252 valence electrons. The van der Waals surface area contributed by atoms with Crippen LogP contribution in [0, 0.1) is 11.6 Å². The van der Waals surface area contributed by atoms with Gasteiger partial charge in [-0.25, -0.2) is 23.4 Å². The Morgan fingerprint density at radius 3 is 2.57 bits per heavy atom. The van der Waals surface area contributed by atoms with Crippen molar-refractivity contribution in [2.24, 2.45) is 0 Å². The maximum Gasteiger partial charge on any atom is 0.280 e. The van der Waals surface area contributed by atoms with Crippen LogP contribution in [-0.4, -0.2) is 70.3 Å². The van der Waals surface area contributed by atoms with Crippen molar-refractivity contribution in [3.05, 3.63) is 123 Å². The lowest BCUT2D eigenvalue weighted by Crippen LogP contribution is -2.41. The molecule has 49 heavy (non-hydrogen) atoms. The van der Waals surface area contributed by atoms with E-state index in [2.05, 4.69) is 61.7 Å². The van der Waals surface area contributed by atoms with Gasteiger partial charge < -0.3 is 20.4 Å². The number of likely N-dealkylation sites (tertiary alicyclic amines) is 1. The van der Waals surface area contributed by atoms with Gasteiger partial charge >= 0.3 is 0 Å². The summed E-state index contributed by atoms with van der Waals surface area (Å²) in [5.74, 6) is -2.22. The lowest BCUT2D eigenvalue weighted by Gasteiger charge is -2.36. The molecule has 0 unspecified atom stereocenters. The largest absolute Gasteiger partial charge is 0.372 e. The first-order valence-electron chi connectivity index (χ1n) is 15.8. The molecule has 3 heterocycles. The smallest absolute Gasteiger partial charge is 0.280 e. The van der Waals surface area contributed by atoms with Crippen LogP contribution >= 0.6 is 11.6 Å². The van der Waals surface area contributed by atoms with E-state index in [9.17, 15) is 18.4 Å². The van der Waals surface area contributed by atoms with E-state index < -0.39 is 23.1 Å². The zero-order valence-electron chi connectivity index (χ0n) is 27.0. The van der Waals surface area contributed by atoms with Crippen molar-refractivity contribution in [2.45, 2.75) is 25.4 Å². The number of amides is 1. The number of benzene rings is 3. The van der Waals surface area contributed by atoms with Crippen LogP contribution in [0.2, 0.25) is 5.15 Å². The molecule has 3 aromatic carbocycles. The standard InChI is InChI=1S/C36H35ClF2N8O2/c1-45-16-13-28(14-17-45)46(2)27-9-7-26(8-10-27)42-36-41-21-25-18-23(6-12-32(25)43-36)4-3-15-40-34(48)29-20-33(37)44-47(35(29)49)22-24-5-11-30(38)31(39)19-24/h3-12,18-21,28H,13-17,22H2,1-2H3,(H,40,48)(H,41,42,43). The van der Waals surface area contributed by atoms with Crippen molar-refractivity contribution < 1.29 is 13.6 Å². The number of carbonyl (C=O) groups excluding carboxylic acids is 1. The summed E-state index contributed by atoms with van der Waals surface area (Å²) in [5.41, 5.74) is 3.08. The Labute approximate surface area is 287 Å². The summed E-state index contributed by atoms with van der Waals surface area (Å²) >= 11 is 6.06. The molecule has 10 nitrogen and oxygen atoms in total. The number of nitrogens with zero attached hydrogens (tertiary/aromatic N) is 6. The second-order valence-electron chi connectivity index (χ2n) is 12.0. The Hall–Kier alpha value is -5.20. The van der Waals surface area contributed by atoms with Crippen LogP contribution in [0.3, 0.4) is 0 Å². The average molecular weight is 685 g/mol. The van der Waals surface area contributed by atoms with E-state index in [0.29, 0.717) is 12.0 Å². The molecule has 0 aliphatic carbocycles. The number of nitrogens with one attached hydrogen (secondary N) is 2. The molecule has 0 bridgehead atoms. The van der Waals surface area contributed by atoms with Gasteiger partial charge in [0, 0.05) is 42.6 Å². The third-order valence-corrected chi connectivity index (χ3v) is 8.75. The van der Waals surface area contributed by atoms with Gasteiger partial charge in [0.15, 0.2) is 16.8 Å². The zero-order chi connectivity index (χ0) is 34.5. The predicted octanol–water partition coefficient (Wildman–Crippen LogP) is 5.88. The van der Waals surface area contributed by atoms with Crippen molar-refractivity contribution >= 4 is 51.8 Å². The Balaban J connectivity index is 1.04. The molecule has 1 amide bonds. The first kappa shape index (κ1) is 33.7. The number of carbonyl (C=O) groups is 1. The van der Waals surface area contributed by atoms with Crippen LogP contribution in [0.4, 0.5) is 26.1 Å². The van der Waals surface area contributed by atoms with E-state index in [0.717, 1.165) is 64.9 Å². The minimum absolute atomic E-state index is 0.0938. The molecule has 1 saturated heterocycles. The van der Waals surface area contributed by atoms with Crippen LogP contribution in [0.25, 0.3) is 17.0 Å². The predicted molar refractivity (Wildman–Crippen MR) is 189 cm³/mol. The van der Waals surface area contributed by atoms with E-state index in [-0.39, 0.29) is 29.4 Å². The molecule has 0 atom stereocenters. The van der Waals surface area contributed by atoms with Crippen molar-refractivity contribution in [2.75, 3.05) is 43.9 Å². The van der Waals surface area contributed by atoms with Crippen molar-refractivity contribution in [1.82, 2.24) is 30.0 Å². The van der Waals surface area contributed by atoms with Crippen LogP contribution in [0.15, 0.2) is 83.8 Å². The molecule has 1 fully saturated rings. The lowest BCUT2D eigenvalue weighted by atomic mass is 10.0. The molecule has 0 spiro atoms. The molecule has 5 aromatic rings. The number of fused-ring (bicyclic) bond motifs is 1. The number of rotatable bonds is 10. The molecule has 1 aliphatic rings. The monoisotopic (exact) mass is 684 g/mol. The second kappa shape index (κ2) is 14.9. The molecule has 1 aliphatic heterocycles. The topological polar surface area (TPSA) is 108 Å². The summed E-state index contributed by atoms with van der Waals surface area (Å²) < 4.78 is 27.8. The fraction of sp³-hybridized carbons (Fsp3) is 0.250. The van der Waals surface area contributed by atoms with Crippen LogP contribution in [-0.2, 0) is 6.54 Å². The average Bonchev–Trinajstić information content (AvgIpc) is 3.10. The summed E-state index contributed by atoms with van der Waals surface area (Å²) in [5, 5.41) is 10.6. The number of piperidine rings is 1.